The van der Waals surface area contributed by atoms with Crippen molar-refractivity contribution < 1.29 is 13.9 Å². The molecule has 9 heteroatoms. The van der Waals surface area contributed by atoms with Crippen LogP contribution in [0.3, 0.4) is 0 Å². The van der Waals surface area contributed by atoms with Crippen LogP contribution < -0.4 is 15.9 Å². The van der Waals surface area contributed by atoms with Crippen LogP contribution in [0.5, 0.6) is 5.75 Å². The molecule has 2 heterocycles. The SMILES string of the molecule is COc1ccc2nc(Cl)c(C3C(C#N)=C(N)N(Nc4ccc(F)cc4)C4=C3C(=O)CC(C)(C)C4)cc2c1. The lowest BCUT2D eigenvalue weighted by Crippen LogP contribution is -2.44. The van der Waals surface area contributed by atoms with Gasteiger partial charge >= 0.3 is 0 Å². The van der Waals surface area contributed by atoms with E-state index in [1.165, 1.54) is 12.1 Å². The van der Waals surface area contributed by atoms with E-state index in [-0.39, 0.29) is 33.6 Å². The molecule has 2 aromatic carbocycles. The summed E-state index contributed by atoms with van der Waals surface area (Å²) in [7, 11) is 1.58. The Kier molecular flexibility index (Phi) is 6.04. The topological polar surface area (TPSA) is 104 Å². The second-order valence-corrected chi connectivity index (χ2v) is 10.4. The number of ketones is 1. The number of pyridine rings is 1. The van der Waals surface area contributed by atoms with E-state index in [0.29, 0.717) is 46.6 Å². The minimum Gasteiger partial charge on any atom is -0.497 e. The first-order valence-corrected chi connectivity index (χ1v) is 12.1. The third-order valence-electron chi connectivity index (χ3n) is 6.78. The quantitative estimate of drug-likeness (QED) is 0.421. The third kappa shape index (κ3) is 4.36. The minimum atomic E-state index is -0.787. The van der Waals surface area contributed by atoms with E-state index in [4.69, 9.17) is 22.1 Å². The smallest absolute Gasteiger partial charge is 0.162 e. The number of aromatic nitrogens is 1. The van der Waals surface area contributed by atoms with Crippen LogP contribution in [0, 0.1) is 22.6 Å². The van der Waals surface area contributed by atoms with Crippen molar-refractivity contribution >= 4 is 34.0 Å². The Morgan fingerprint density at radius 2 is 1.95 bits per heavy atom. The molecule has 5 rings (SSSR count). The van der Waals surface area contributed by atoms with Crippen molar-refractivity contribution in [3.63, 3.8) is 0 Å². The summed E-state index contributed by atoms with van der Waals surface area (Å²) >= 11 is 6.68. The Labute approximate surface area is 218 Å². The first-order valence-electron chi connectivity index (χ1n) is 11.7. The van der Waals surface area contributed by atoms with Gasteiger partial charge in [-0.05, 0) is 60.4 Å². The van der Waals surface area contributed by atoms with Crippen LogP contribution in [-0.4, -0.2) is 22.9 Å². The maximum Gasteiger partial charge on any atom is 0.162 e. The Morgan fingerprint density at radius 3 is 2.62 bits per heavy atom. The van der Waals surface area contributed by atoms with Gasteiger partial charge in [0.15, 0.2) is 5.78 Å². The highest BCUT2D eigenvalue weighted by Crippen LogP contribution is 2.50. The van der Waals surface area contributed by atoms with Crippen LogP contribution in [0.4, 0.5) is 10.1 Å². The van der Waals surface area contributed by atoms with Crippen molar-refractivity contribution in [3.8, 4) is 11.8 Å². The van der Waals surface area contributed by atoms with E-state index < -0.39 is 5.92 Å². The number of nitrogens with one attached hydrogen (secondary N) is 1. The molecule has 0 spiro atoms. The summed E-state index contributed by atoms with van der Waals surface area (Å²) in [6, 6.07) is 15.2. The number of halogens is 2. The van der Waals surface area contributed by atoms with E-state index in [2.05, 4.69) is 16.5 Å². The van der Waals surface area contributed by atoms with Gasteiger partial charge in [-0.3, -0.25) is 10.2 Å². The number of allylic oxidation sites excluding steroid dienone is 3. The zero-order valence-corrected chi connectivity index (χ0v) is 21.4. The zero-order valence-electron chi connectivity index (χ0n) is 20.6. The number of methoxy groups -OCH3 is 1. The first kappa shape index (κ1) is 24.6. The van der Waals surface area contributed by atoms with Gasteiger partial charge in [0.1, 0.15) is 22.5 Å². The molecule has 37 heavy (non-hydrogen) atoms. The molecule has 1 aliphatic carbocycles. The number of Topliss-reactive ketones (excluding diaryl/α,β-unsaturated/α-hetero) is 1. The molecular formula is C28H25ClFN5O2. The number of nitriles is 1. The second-order valence-electron chi connectivity index (χ2n) is 10.0. The van der Waals surface area contributed by atoms with E-state index >= 15 is 0 Å². The Balaban J connectivity index is 1.72. The van der Waals surface area contributed by atoms with Crippen molar-refractivity contribution in [2.75, 3.05) is 12.5 Å². The largest absolute Gasteiger partial charge is 0.497 e. The molecule has 0 fully saturated rings. The molecule has 0 radical (unpaired) electrons. The van der Waals surface area contributed by atoms with Crippen LogP contribution in [0.2, 0.25) is 5.15 Å². The number of carbonyl (C=O) groups is 1. The van der Waals surface area contributed by atoms with Gasteiger partial charge in [-0.1, -0.05) is 25.4 Å². The van der Waals surface area contributed by atoms with Crippen molar-refractivity contribution in [2.24, 2.45) is 11.1 Å². The number of nitrogens with zero attached hydrogens (tertiary/aromatic N) is 3. The first-order chi connectivity index (χ1) is 17.6. The fourth-order valence-electron chi connectivity index (χ4n) is 5.08. The molecule has 3 aromatic rings. The summed E-state index contributed by atoms with van der Waals surface area (Å²) in [4.78, 5) is 18.2. The number of benzene rings is 2. The van der Waals surface area contributed by atoms with Gasteiger partial charge in [0.25, 0.3) is 0 Å². The molecule has 1 aliphatic heterocycles. The fourth-order valence-corrected chi connectivity index (χ4v) is 5.33. The lowest BCUT2D eigenvalue weighted by atomic mass is 9.69. The molecule has 2 aliphatic rings. The predicted molar refractivity (Wildman–Crippen MR) is 140 cm³/mol. The number of hydrogen-bond acceptors (Lipinski definition) is 7. The van der Waals surface area contributed by atoms with Gasteiger partial charge in [-0.25, -0.2) is 14.4 Å². The average Bonchev–Trinajstić information content (AvgIpc) is 2.85. The van der Waals surface area contributed by atoms with Crippen LogP contribution in [0.25, 0.3) is 10.9 Å². The number of nitrogens with two attached hydrogens (primary N) is 1. The highest BCUT2D eigenvalue weighted by molar-refractivity contribution is 6.31. The predicted octanol–water partition coefficient (Wildman–Crippen LogP) is 5.80. The summed E-state index contributed by atoms with van der Waals surface area (Å²) in [6.07, 6.45) is 0.822. The number of hydrogen-bond donors (Lipinski definition) is 2. The average molecular weight is 518 g/mol. The summed E-state index contributed by atoms with van der Waals surface area (Å²) in [5, 5.41) is 12.8. The lowest BCUT2D eigenvalue weighted by molar-refractivity contribution is -0.118. The van der Waals surface area contributed by atoms with Crippen LogP contribution in [0.1, 0.15) is 38.2 Å². The Morgan fingerprint density at radius 1 is 1.22 bits per heavy atom. The molecule has 0 saturated carbocycles. The highest BCUT2D eigenvalue weighted by Gasteiger charge is 2.45. The fraction of sp³-hybridized carbons (Fsp3) is 0.250. The van der Waals surface area contributed by atoms with Gasteiger partial charge in [0, 0.05) is 22.9 Å². The summed E-state index contributed by atoms with van der Waals surface area (Å²) in [5.74, 6) is -0.473. The molecule has 0 saturated heterocycles. The molecule has 1 aromatic heterocycles. The third-order valence-corrected chi connectivity index (χ3v) is 7.08. The number of ether oxygens (including phenoxy) is 1. The summed E-state index contributed by atoms with van der Waals surface area (Å²) < 4.78 is 18.9. The minimum absolute atomic E-state index is 0.0933. The number of anilines is 1. The van der Waals surface area contributed by atoms with Crippen molar-refractivity contribution in [1.82, 2.24) is 9.99 Å². The number of hydrazine groups is 1. The summed E-state index contributed by atoms with van der Waals surface area (Å²) in [5.41, 5.74) is 12.4. The number of carbonyl (C=O) groups excluding carboxylic acids is 1. The van der Waals surface area contributed by atoms with Crippen LogP contribution in [-0.2, 0) is 4.79 Å². The highest BCUT2D eigenvalue weighted by atomic mass is 35.5. The zero-order chi connectivity index (χ0) is 26.5. The van der Waals surface area contributed by atoms with E-state index in [9.17, 15) is 14.4 Å². The summed E-state index contributed by atoms with van der Waals surface area (Å²) in [6.45, 7) is 4.02. The van der Waals surface area contributed by atoms with Gasteiger partial charge in [-0.2, -0.15) is 5.26 Å². The van der Waals surface area contributed by atoms with Crippen molar-refractivity contribution in [3.05, 3.63) is 87.7 Å². The van der Waals surface area contributed by atoms with Crippen molar-refractivity contribution in [2.45, 2.75) is 32.6 Å². The molecule has 1 atom stereocenters. The van der Waals surface area contributed by atoms with Crippen LogP contribution in [0.15, 0.2) is 71.2 Å². The van der Waals surface area contributed by atoms with Crippen LogP contribution >= 0.6 is 11.6 Å². The maximum absolute atomic E-state index is 13.7. The molecule has 7 nitrogen and oxygen atoms in total. The van der Waals surface area contributed by atoms with E-state index in [1.54, 1.807) is 36.4 Å². The molecule has 0 bridgehead atoms. The lowest BCUT2D eigenvalue weighted by Gasteiger charge is -2.43. The van der Waals surface area contributed by atoms with E-state index in [0.717, 1.165) is 5.39 Å². The molecule has 3 N–H and O–H groups in total. The van der Waals surface area contributed by atoms with Crippen molar-refractivity contribution in [1.29, 1.82) is 5.26 Å². The second kappa shape index (κ2) is 9.09. The van der Waals surface area contributed by atoms with Gasteiger partial charge in [0.05, 0.1) is 41.6 Å². The Hall–Kier alpha value is -4.09. The molecular weight excluding hydrogens is 493 g/mol. The van der Waals surface area contributed by atoms with Gasteiger partial charge in [0.2, 0.25) is 0 Å². The van der Waals surface area contributed by atoms with Gasteiger partial charge < -0.3 is 10.5 Å². The molecule has 0 amide bonds. The van der Waals surface area contributed by atoms with E-state index in [1.807, 2.05) is 26.0 Å². The number of fused-ring (bicyclic) bond motifs is 1. The maximum atomic E-state index is 13.7. The number of rotatable bonds is 4. The molecule has 188 valence electrons. The Bertz CT molecular complexity index is 1540. The normalized spacial score (nSPS) is 19.1. The standard InChI is InChI=1S/C28H25ClFN5O2/c1-28(2)12-22-25(23(36)13-28)24(19-11-15-10-18(37-3)8-9-21(15)33-26(19)29)20(14-31)27(32)35(22)34-17-6-4-16(30)5-7-17/h4-11,24,34H,12-13,32H2,1-3H3. The van der Waals surface area contributed by atoms with Gasteiger partial charge in [-0.15, -0.1) is 0 Å². The molecule has 1 unspecified atom stereocenters. The monoisotopic (exact) mass is 517 g/mol.